The maximum absolute atomic E-state index is 5.82. The van der Waals surface area contributed by atoms with Crippen LogP contribution in [0, 0.1) is 0 Å². The molecule has 84 valence electrons. The Morgan fingerprint density at radius 3 is 2.19 bits per heavy atom. The van der Waals surface area contributed by atoms with Gasteiger partial charge in [-0.05, 0) is 17.7 Å². The minimum Gasteiger partial charge on any atom is -0.397 e. The minimum absolute atomic E-state index is 0. The third-order valence-electron chi connectivity index (χ3n) is 2.29. The fourth-order valence-corrected chi connectivity index (χ4v) is 1.45. The van der Waals surface area contributed by atoms with Crippen molar-refractivity contribution < 1.29 is 0 Å². The lowest BCUT2D eigenvalue weighted by Gasteiger charge is -2.08. The zero-order chi connectivity index (χ0) is 10.5. The standard InChI is InChI=1S/C13H14N2.ClH/c14-12-8-4-5-9-13(12)15-10-11-6-2-1-3-7-11;/h1-9,15H,10,14H2;1H. The van der Waals surface area contributed by atoms with Crippen LogP contribution in [0.5, 0.6) is 0 Å². The molecular formula is C13H15ClN2. The molecule has 0 fully saturated rings. The summed E-state index contributed by atoms with van der Waals surface area (Å²) in [5, 5.41) is 3.30. The van der Waals surface area contributed by atoms with Crippen molar-refractivity contribution in [3.63, 3.8) is 0 Å². The van der Waals surface area contributed by atoms with Crippen LogP contribution in [0.15, 0.2) is 54.6 Å². The monoisotopic (exact) mass is 234 g/mol. The molecule has 0 spiro atoms. The van der Waals surface area contributed by atoms with E-state index < -0.39 is 0 Å². The zero-order valence-electron chi connectivity index (χ0n) is 8.89. The van der Waals surface area contributed by atoms with Crippen LogP contribution in [0.25, 0.3) is 0 Å². The summed E-state index contributed by atoms with van der Waals surface area (Å²) < 4.78 is 0. The first-order valence-corrected chi connectivity index (χ1v) is 4.98. The van der Waals surface area contributed by atoms with Gasteiger partial charge in [0.1, 0.15) is 0 Å². The summed E-state index contributed by atoms with van der Waals surface area (Å²) in [6.07, 6.45) is 0. The molecule has 0 saturated heterocycles. The summed E-state index contributed by atoms with van der Waals surface area (Å²) in [5.74, 6) is 0. The van der Waals surface area contributed by atoms with E-state index in [1.165, 1.54) is 5.56 Å². The lowest BCUT2D eigenvalue weighted by atomic mass is 10.2. The Hall–Kier alpha value is -1.67. The van der Waals surface area contributed by atoms with Crippen molar-refractivity contribution >= 4 is 23.8 Å². The van der Waals surface area contributed by atoms with Gasteiger partial charge in [-0.3, -0.25) is 0 Å². The maximum atomic E-state index is 5.82. The first-order valence-electron chi connectivity index (χ1n) is 4.98. The third kappa shape index (κ3) is 3.17. The summed E-state index contributed by atoms with van der Waals surface area (Å²) in [7, 11) is 0. The molecule has 0 bridgehead atoms. The van der Waals surface area contributed by atoms with Crippen molar-refractivity contribution in [2.24, 2.45) is 0 Å². The van der Waals surface area contributed by atoms with Gasteiger partial charge in [0, 0.05) is 6.54 Å². The van der Waals surface area contributed by atoms with Crippen LogP contribution in [-0.2, 0) is 6.54 Å². The highest BCUT2D eigenvalue weighted by molar-refractivity contribution is 5.85. The normalized spacial score (nSPS) is 9.25. The van der Waals surface area contributed by atoms with E-state index in [-0.39, 0.29) is 12.4 Å². The predicted molar refractivity (Wildman–Crippen MR) is 71.9 cm³/mol. The molecule has 2 aromatic rings. The number of hydrogen-bond acceptors (Lipinski definition) is 2. The smallest absolute Gasteiger partial charge is 0.0576 e. The topological polar surface area (TPSA) is 38.0 Å². The third-order valence-corrected chi connectivity index (χ3v) is 2.29. The summed E-state index contributed by atoms with van der Waals surface area (Å²) in [5.41, 5.74) is 8.85. The quantitative estimate of drug-likeness (QED) is 0.800. The van der Waals surface area contributed by atoms with E-state index in [2.05, 4.69) is 17.4 Å². The number of benzene rings is 2. The largest absolute Gasteiger partial charge is 0.397 e. The molecule has 0 saturated carbocycles. The highest BCUT2D eigenvalue weighted by atomic mass is 35.5. The van der Waals surface area contributed by atoms with E-state index in [1.807, 2.05) is 42.5 Å². The molecule has 3 N–H and O–H groups in total. The summed E-state index contributed by atoms with van der Waals surface area (Å²) in [4.78, 5) is 0. The first kappa shape index (κ1) is 12.4. The van der Waals surface area contributed by atoms with Gasteiger partial charge in [0.05, 0.1) is 11.4 Å². The lowest BCUT2D eigenvalue weighted by Crippen LogP contribution is -2.01. The molecular weight excluding hydrogens is 220 g/mol. The maximum Gasteiger partial charge on any atom is 0.0576 e. The molecule has 2 rings (SSSR count). The number of para-hydroxylation sites is 2. The molecule has 0 radical (unpaired) electrons. The van der Waals surface area contributed by atoms with E-state index in [9.17, 15) is 0 Å². The van der Waals surface area contributed by atoms with Gasteiger partial charge in [0.25, 0.3) is 0 Å². The molecule has 0 amide bonds. The second-order valence-electron chi connectivity index (χ2n) is 3.43. The van der Waals surface area contributed by atoms with E-state index in [1.54, 1.807) is 0 Å². The first-order chi connectivity index (χ1) is 7.36. The van der Waals surface area contributed by atoms with Gasteiger partial charge in [-0.1, -0.05) is 42.5 Å². The van der Waals surface area contributed by atoms with E-state index >= 15 is 0 Å². The van der Waals surface area contributed by atoms with Crippen LogP contribution in [0.4, 0.5) is 11.4 Å². The fraction of sp³-hybridized carbons (Fsp3) is 0.0769. The van der Waals surface area contributed by atoms with Crippen LogP contribution in [0.2, 0.25) is 0 Å². The predicted octanol–water partition coefficient (Wildman–Crippen LogP) is 3.30. The van der Waals surface area contributed by atoms with Crippen molar-refractivity contribution in [1.29, 1.82) is 0 Å². The number of nitrogens with two attached hydrogens (primary N) is 1. The molecule has 16 heavy (non-hydrogen) atoms. The van der Waals surface area contributed by atoms with Crippen molar-refractivity contribution in [1.82, 2.24) is 0 Å². The van der Waals surface area contributed by atoms with E-state index in [0.717, 1.165) is 17.9 Å². The lowest BCUT2D eigenvalue weighted by molar-refractivity contribution is 1.15. The number of nitrogen functional groups attached to an aromatic ring is 1. The fourth-order valence-electron chi connectivity index (χ4n) is 1.45. The Kier molecular flexibility index (Phi) is 4.67. The summed E-state index contributed by atoms with van der Waals surface area (Å²) in [6.45, 7) is 0.801. The number of hydrogen-bond donors (Lipinski definition) is 2. The van der Waals surface area contributed by atoms with Crippen LogP contribution < -0.4 is 11.1 Å². The second kappa shape index (κ2) is 6.03. The summed E-state index contributed by atoms with van der Waals surface area (Å²) >= 11 is 0. The van der Waals surface area contributed by atoms with Gasteiger partial charge >= 0.3 is 0 Å². The molecule has 2 aromatic carbocycles. The number of halogens is 1. The van der Waals surface area contributed by atoms with Crippen LogP contribution in [0.3, 0.4) is 0 Å². The molecule has 0 unspecified atom stereocenters. The van der Waals surface area contributed by atoms with Crippen molar-refractivity contribution in [3.8, 4) is 0 Å². The average molecular weight is 235 g/mol. The van der Waals surface area contributed by atoms with Gasteiger partial charge < -0.3 is 11.1 Å². The zero-order valence-corrected chi connectivity index (χ0v) is 9.71. The molecule has 2 nitrogen and oxygen atoms in total. The van der Waals surface area contributed by atoms with Gasteiger partial charge in [-0.15, -0.1) is 12.4 Å². The van der Waals surface area contributed by atoms with Gasteiger partial charge in [-0.2, -0.15) is 0 Å². The highest BCUT2D eigenvalue weighted by Crippen LogP contribution is 2.17. The Labute approximate surface area is 102 Å². The average Bonchev–Trinajstić information content (AvgIpc) is 2.29. The molecule has 0 aromatic heterocycles. The van der Waals surface area contributed by atoms with Crippen LogP contribution >= 0.6 is 12.4 Å². The van der Waals surface area contributed by atoms with Crippen molar-refractivity contribution in [3.05, 3.63) is 60.2 Å². The SMILES string of the molecule is Cl.Nc1ccccc1NCc1ccccc1. The Morgan fingerprint density at radius 2 is 1.50 bits per heavy atom. The number of nitrogens with one attached hydrogen (secondary N) is 1. The molecule has 0 atom stereocenters. The van der Waals surface area contributed by atoms with Crippen molar-refractivity contribution in [2.75, 3.05) is 11.1 Å². The second-order valence-corrected chi connectivity index (χ2v) is 3.43. The van der Waals surface area contributed by atoms with Gasteiger partial charge in [-0.25, -0.2) is 0 Å². The van der Waals surface area contributed by atoms with Crippen molar-refractivity contribution in [2.45, 2.75) is 6.54 Å². The van der Waals surface area contributed by atoms with Crippen LogP contribution in [-0.4, -0.2) is 0 Å². The summed E-state index contributed by atoms with van der Waals surface area (Å²) in [6, 6.07) is 18.0. The molecule has 0 aliphatic carbocycles. The molecule has 0 aliphatic rings. The number of rotatable bonds is 3. The molecule has 0 heterocycles. The van der Waals surface area contributed by atoms with Crippen LogP contribution in [0.1, 0.15) is 5.56 Å². The Balaban J connectivity index is 0.00000128. The van der Waals surface area contributed by atoms with Gasteiger partial charge in [0.2, 0.25) is 0 Å². The van der Waals surface area contributed by atoms with E-state index in [0.29, 0.717) is 0 Å². The molecule has 0 aliphatic heterocycles. The number of anilines is 2. The molecule has 3 heteroatoms. The highest BCUT2D eigenvalue weighted by Gasteiger charge is 1.96. The Bertz CT molecular complexity index is 429. The van der Waals surface area contributed by atoms with Gasteiger partial charge in [0.15, 0.2) is 0 Å². The minimum atomic E-state index is 0. The van der Waals surface area contributed by atoms with E-state index in [4.69, 9.17) is 5.73 Å². The Morgan fingerprint density at radius 1 is 0.875 bits per heavy atom.